The third-order valence-corrected chi connectivity index (χ3v) is 2.82. The van der Waals surface area contributed by atoms with Crippen LogP contribution in [0.3, 0.4) is 0 Å². The van der Waals surface area contributed by atoms with Crippen molar-refractivity contribution in [1.82, 2.24) is 5.32 Å². The van der Waals surface area contributed by atoms with E-state index in [0.29, 0.717) is 12.5 Å². The first kappa shape index (κ1) is 18.0. The highest BCUT2D eigenvalue weighted by atomic mass is 127. The lowest BCUT2D eigenvalue weighted by atomic mass is 10.1. The first-order valence-electron chi connectivity index (χ1n) is 6.35. The minimum absolute atomic E-state index is 0. The molecule has 3 N–H and O–H groups in total. The number of aryl methyl sites for hydroxylation is 1. The van der Waals surface area contributed by atoms with Gasteiger partial charge in [-0.2, -0.15) is 0 Å². The lowest BCUT2D eigenvalue weighted by Gasteiger charge is -2.14. The van der Waals surface area contributed by atoms with Crippen molar-refractivity contribution >= 4 is 35.6 Å². The van der Waals surface area contributed by atoms with Crippen molar-refractivity contribution in [3.63, 3.8) is 0 Å². The highest BCUT2D eigenvalue weighted by molar-refractivity contribution is 14.0. The van der Waals surface area contributed by atoms with Crippen molar-refractivity contribution in [3.8, 4) is 0 Å². The quantitative estimate of drug-likeness (QED) is 0.472. The summed E-state index contributed by atoms with van der Waals surface area (Å²) in [5, 5.41) is 3.07. The number of hydrogen-bond donors (Lipinski definition) is 2. The summed E-state index contributed by atoms with van der Waals surface area (Å²) < 4.78 is 0. The van der Waals surface area contributed by atoms with Gasteiger partial charge in [-0.25, -0.2) is 4.99 Å². The van der Waals surface area contributed by atoms with E-state index < -0.39 is 0 Å². The number of hydrogen-bond acceptors (Lipinski definition) is 2. The maximum Gasteiger partial charge on any atom is 0.188 e. The van der Waals surface area contributed by atoms with E-state index in [-0.39, 0.29) is 24.0 Å². The number of rotatable bonds is 5. The summed E-state index contributed by atoms with van der Waals surface area (Å²) in [5.41, 5.74) is 9.43. The van der Waals surface area contributed by atoms with Gasteiger partial charge in [-0.05, 0) is 36.6 Å². The van der Waals surface area contributed by atoms with Crippen molar-refractivity contribution in [2.75, 3.05) is 25.5 Å². The van der Waals surface area contributed by atoms with Crippen LogP contribution in [0.4, 0.5) is 5.69 Å². The molecule has 0 radical (unpaired) electrons. The molecule has 0 heterocycles. The van der Waals surface area contributed by atoms with E-state index in [0.717, 1.165) is 13.0 Å². The molecular formula is C14H25IN4. The van der Waals surface area contributed by atoms with Crippen LogP contribution in [0.2, 0.25) is 0 Å². The number of benzene rings is 1. The van der Waals surface area contributed by atoms with E-state index in [4.69, 9.17) is 5.73 Å². The number of nitrogens with two attached hydrogens (primary N) is 1. The van der Waals surface area contributed by atoms with Gasteiger partial charge in [0.15, 0.2) is 5.96 Å². The van der Waals surface area contributed by atoms with Gasteiger partial charge in [0.1, 0.15) is 0 Å². The Morgan fingerprint density at radius 3 is 2.58 bits per heavy atom. The number of nitrogens with zero attached hydrogens (tertiary/aromatic N) is 2. The zero-order chi connectivity index (χ0) is 13.5. The average Bonchev–Trinajstić information content (AvgIpc) is 2.34. The topological polar surface area (TPSA) is 53.6 Å². The van der Waals surface area contributed by atoms with Crippen LogP contribution in [0.5, 0.6) is 0 Å². The van der Waals surface area contributed by atoms with Gasteiger partial charge in [-0.1, -0.05) is 13.0 Å². The number of aliphatic imine (C=N–C) groups is 1. The summed E-state index contributed by atoms with van der Waals surface area (Å²) in [4.78, 5) is 6.43. The molecule has 0 aromatic heterocycles. The van der Waals surface area contributed by atoms with E-state index in [1.54, 1.807) is 0 Å². The van der Waals surface area contributed by atoms with Gasteiger partial charge in [-0.3, -0.25) is 0 Å². The molecule has 0 aliphatic carbocycles. The minimum atomic E-state index is 0. The molecule has 1 rings (SSSR count). The minimum Gasteiger partial charge on any atom is -0.378 e. The van der Waals surface area contributed by atoms with Crippen molar-refractivity contribution < 1.29 is 0 Å². The Bertz CT molecular complexity index is 416. The van der Waals surface area contributed by atoms with Crippen LogP contribution in [0.15, 0.2) is 23.2 Å². The Hall–Kier alpha value is -0.980. The molecule has 1 aromatic rings. The first-order chi connectivity index (χ1) is 8.54. The molecule has 5 heteroatoms. The fourth-order valence-electron chi connectivity index (χ4n) is 1.61. The second-order valence-electron chi connectivity index (χ2n) is 4.63. The second kappa shape index (κ2) is 9.01. The lowest BCUT2D eigenvalue weighted by molar-refractivity contribution is 0.825. The van der Waals surface area contributed by atoms with Gasteiger partial charge >= 0.3 is 0 Å². The zero-order valence-corrected chi connectivity index (χ0v) is 14.6. The van der Waals surface area contributed by atoms with E-state index in [1.165, 1.54) is 16.8 Å². The molecular weight excluding hydrogens is 351 g/mol. The Kier molecular flexibility index (Phi) is 8.54. The number of halogens is 1. The summed E-state index contributed by atoms with van der Waals surface area (Å²) >= 11 is 0. The molecule has 19 heavy (non-hydrogen) atoms. The molecule has 0 atom stereocenters. The molecule has 0 unspecified atom stereocenters. The maximum absolute atomic E-state index is 5.77. The van der Waals surface area contributed by atoms with Crippen LogP contribution in [0.1, 0.15) is 24.5 Å². The molecule has 4 nitrogen and oxygen atoms in total. The number of anilines is 1. The first-order valence-corrected chi connectivity index (χ1v) is 6.35. The Labute approximate surface area is 133 Å². The molecule has 0 bridgehead atoms. The molecule has 0 aliphatic rings. The highest BCUT2D eigenvalue weighted by Crippen LogP contribution is 2.17. The van der Waals surface area contributed by atoms with Gasteiger partial charge in [0.05, 0.1) is 6.54 Å². The van der Waals surface area contributed by atoms with E-state index in [9.17, 15) is 0 Å². The van der Waals surface area contributed by atoms with Crippen LogP contribution in [-0.4, -0.2) is 26.6 Å². The van der Waals surface area contributed by atoms with Crippen molar-refractivity contribution in [2.24, 2.45) is 10.7 Å². The molecule has 108 valence electrons. The van der Waals surface area contributed by atoms with Crippen LogP contribution in [-0.2, 0) is 6.54 Å². The molecule has 0 saturated carbocycles. The fourth-order valence-corrected chi connectivity index (χ4v) is 1.61. The average molecular weight is 376 g/mol. The van der Waals surface area contributed by atoms with Crippen molar-refractivity contribution in [3.05, 3.63) is 29.3 Å². The number of nitrogens with one attached hydrogen (secondary N) is 1. The van der Waals surface area contributed by atoms with Crippen LogP contribution >= 0.6 is 24.0 Å². The SMILES string of the molecule is CCCNC(N)=NCc1ccc(N(C)C)cc1C.I. The molecule has 0 spiro atoms. The third-order valence-electron chi connectivity index (χ3n) is 2.82. The fraction of sp³-hybridized carbons (Fsp3) is 0.500. The van der Waals surface area contributed by atoms with Crippen LogP contribution < -0.4 is 16.0 Å². The molecule has 1 aromatic carbocycles. The second-order valence-corrected chi connectivity index (χ2v) is 4.63. The smallest absolute Gasteiger partial charge is 0.188 e. The summed E-state index contributed by atoms with van der Waals surface area (Å²) in [6.07, 6.45) is 1.05. The maximum atomic E-state index is 5.77. The van der Waals surface area contributed by atoms with Gasteiger partial charge in [-0.15, -0.1) is 24.0 Å². The van der Waals surface area contributed by atoms with Gasteiger partial charge < -0.3 is 16.0 Å². The Morgan fingerprint density at radius 2 is 2.05 bits per heavy atom. The highest BCUT2D eigenvalue weighted by Gasteiger charge is 2.01. The molecule has 0 fully saturated rings. The Morgan fingerprint density at radius 1 is 1.37 bits per heavy atom. The van der Waals surface area contributed by atoms with Crippen LogP contribution in [0, 0.1) is 6.92 Å². The lowest BCUT2D eigenvalue weighted by Crippen LogP contribution is -2.32. The largest absolute Gasteiger partial charge is 0.378 e. The van der Waals surface area contributed by atoms with Gasteiger partial charge in [0, 0.05) is 26.3 Å². The van der Waals surface area contributed by atoms with Gasteiger partial charge in [0.25, 0.3) is 0 Å². The third kappa shape index (κ3) is 6.13. The van der Waals surface area contributed by atoms with E-state index >= 15 is 0 Å². The Balaban J connectivity index is 0.00000324. The summed E-state index contributed by atoms with van der Waals surface area (Å²) in [5.74, 6) is 0.521. The van der Waals surface area contributed by atoms with Gasteiger partial charge in [0.2, 0.25) is 0 Å². The van der Waals surface area contributed by atoms with Crippen molar-refractivity contribution in [2.45, 2.75) is 26.8 Å². The van der Waals surface area contributed by atoms with E-state index in [1.807, 2.05) is 14.1 Å². The molecule has 0 amide bonds. The molecule has 0 aliphatic heterocycles. The number of guanidine groups is 1. The summed E-state index contributed by atoms with van der Waals surface area (Å²) in [7, 11) is 4.08. The predicted octanol–water partition coefficient (Wildman–Crippen LogP) is 2.49. The zero-order valence-electron chi connectivity index (χ0n) is 12.2. The van der Waals surface area contributed by atoms with Crippen molar-refractivity contribution in [1.29, 1.82) is 0 Å². The predicted molar refractivity (Wildman–Crippen MR) is 94.5 cm³/mol. The normalized spacial score (nSPS) is 10.8. The molecule has 0 saturated heterocycles. The summed E-state index contributed by atoms with van der Waals surface area (Å²) in [6, 6.07) is 6.38. The monoisotopic (exact) mass is 376 g/mol. The van der Waals surface area contributed by atoms with E-state index in [2.05, 4.69) is 47.3 Å². The standard InChI is InChI=1S/C14H24N4.HI/c1-5-8-16-14(15)17-10-12-6-7-13(18(3)4)9-11(12)2;/h6-7,9H,5,8,10H2,1-4H3,(H3,15,16,17);1H. The summed E-state index contributed by atoms with van der Waals surface area (Å²) in [6.45, 7) is 5.70. The van der Waals surface area contributed by atoms with Crippen LogP contribution in [0.25, 0.3) is 0 Å².